The fourth-order valence-corrected chi connectivity index (χ4v) is 4.61. The van der Waals surface area contributed by atoms with Crippen LogP contribution in [-0.4, -0.2) is 11.6 Å². The third-order valence-corrected chi connectivity index (χ3v) is 5.35. The number of hydrogen-bond acceptors (Lipinski definition) is 2. The smallest absolute Gasteiger partial charge is 0.333 e. The topological polar surface area (TPSA) is 26.3 Å². The molecule has 0 aromatic heterocycles. The van der Waals surface area contributed by atoms with Crippen LogP contribution >= 0.6 is 0 Å². The molecule has 4 aliphatic rings. The molecule has 0 radical (unpaired) electrons. The Hall–Kier alpha value is -0.790. The SMILES string of the molecule is C=C(C)C(=O)OC12CC3CC(C1)C(C)C(C3)C2. The second-order valence-electron chi connectivity index (χ2n) is 6.68. The maximum absolute atomic E-state index is 11.8. The van der Waals surface area contributed by atoms with Crippen molar-refractivity contribution in [1.29, 1.82) is 0 Å². The van der Waals surface area contributed by atoms with Crippen molar-refractivity contribution in [2.24, 2.45) is 23.7 Å². The average Bonchev–Trinajstić information content (AvgIpc) is 2.23. The zero-order chi connectivity index (χ0) is 12.2. The zero-order valence-corrected chi connectivity index (χ0v) is 10.9. The van der Waals surface area contributed by atoms with Gasteiger partial charge in [0.25, 0.3) is 0 Å². The average molecular weight is 234 g/mol. The first-order valence-corrected chi connectivity index (χ1v) is 6.88. The van der Waals surface area contributed by atoms with Crippen LogP contribution in [0.2, 0.25) is 0 Å². The van der Waals surface area contributed by atoms with Crippen LogP contribution in [-0.2, 0) is 9.53 Å². The van der Waals surface area contributed by atoms with Crippen molar-refractivity contribution in [3.8, 4) is 0 Å². The van der Waals surface area contributed by atoms with Crippen LogP contribution in [0.4, 0.5) is 0 Å². The van der Waals surface area contributed by atoms with Crippen molar-refractivity contribution in [2.75, 3.05) is 0 Å². The Morgan fingerprint density at radius 2 is 1.82 bits per heavy atom. The summed E-state index contributed by atoms with van der Waals surface area (Å²) in [4.78, 5) is 11.8. The van der Waals surface area contributed by atoms with Crippen LogP contribution < -0.4 is 0 Å². The molecule has 0 amide bonds. The molecular weight excluding hydrogens is 212 g/mol. The van der Waals surface area contributed by atoms with E-state index in [1.54, 1.807) is 6.92 Å². The van der Waals surface area contributed by atoms with Gasteiger partial charge in [0.2, 0.25) is 0 Å². The number of ether oxygens (including phenoxy) is 1. The standard InChI is InChI=1S/C15H22O2/c1-9(2)14(16)17-15-6-11-4-12(7-15)10(3)13(5-11)8-15/h10-13H,1,4-8H2,2-3H3. The van der Waals surface area contributed by atoms with Crippen LogP contribution in [0.25, 0.3) is 0 Å². The lowest BCUT2D eigenvalue weighted by Crippen LogP contribution is -2.55. The van der Waals surface area contributed by atoms with E-state index in [9.17, 15) is 4.79 Å². The second kappa shape index (κ2) is 3.60. The summed E-state index contributed by atoms with van der Waals surface area (Å²) in [6.45, 7) is 7.83. The van der Waals surface area contributed by atoms with Crippen LogP contribution in [0.15, 0.2) is 12.2 Å². The molecule has 0 N–H and O–H groups in total. The van der Waals surface area contributed by atoms with Crippen molar-refractivity contribution in [3.63, 3.8) is 0 Å². The first kappa shape index (κ1) is 11.3. The monoisotopic (exact) mass is 234 g/mol. The van der Waals surface area contributed by atoms with Crippen LogP contribution in [0, 0.1) is 23.7 Å². The highest BCUT2D eigenvalue weighted by molar-refractivity contribution is 5.87. The predicted octanol–water partition coefficient (Wildman–Crippen LogP) is 3.32. The third kappa shape index (κ3) is 1.73. The molecule has 0 heterocycles. The number of carbonyl (C=O) groups excluding carboxylic acids is 1. The highest BCUT2D eigenvalue weighted by Gasteiger charge is 2.55. The molecular formula is C15H22O2. The minimum absolute atomic E-state index is 0.126. The van der Waals surface area contributed by atoms with E-state index in [0.29, 0.717) is 5.57 Å². The first-order chi connectivity index (χ1) is 7.99. The fraction of sp³-hybridized carbons (Fsp3) is 0.800. The first-order valence-electron chi connectivity index (χ1n) is 6.88. The van der Waals surface area contributed by atoms with Crippen molar-refractivity contribution >= 4 is 5.97 Å². The lowest BCUT2D eigenvalue weighted by molar-refractivity contribution is -0.190. The van der Waals surface area contributed by atoms with E-state index in [4.69, 9.17) is 4.74 Å². The number of carbonyl (C=O) groups is 1. The Morgan fingerprint density at radius 1 is 1.24 bits per heavy atom. The van der Waals surface area contributed by atoms with Gasteiger partial charge < -0.3 is 4.74 Å². The van der Waals surface area contributed by atoms with E-state index < -0.39 is 0 Å². The Bertz CT molecular complexity index is 355. The zero-order valence-electron chi connectivity index (χ0n) is 10.9. The van der Waals surface area contributed by atoms with Gasteiger partial charge in [-0.1, -0.05) is 13.5 Å². The molecule has 0 spiro atoms. The molecule has 2 heteroatoms. The summed E-state index contributed by atoms with van der Waals surface area (Å²) >= 11 is 0. The minimum atomic E-state index is -0.181. The molecule has 0 saturated heterocycles. The molecule has 0 aromatic rings. The van der Waals surface area contributed by atoms with Gasteiger partial charge in [-0.15, -0.1) is 0 Å². The van der Waals surface area contributed by atoms with Gasteiger partial charge >= 0.3 is 5.97 Å². The summed E-state index contributed by atoms with van der Waals surface area (Å²) in [5.74, 6) is 3.04. The predicted molar refractivity (Wildman–Crippen MR) is 66.4 cm³/mol. The molecule has 2 nitrogen and oxygen atoms in total. The molecule has 2 unspecified atom stereocenters. The minimum Gasteiger partial charge on any atom is -0.456 e. The van der Waals surface area contributed by atoms with Crippen LogP contribution in [0.1, 0.15) is 46.0 Å². The van der Waals surface area contributed by atoms with Crippen LogP contribution in [0.5, 0.6) is 0 Å². The van der Waals surface area contributed by atoms with Gasteiger partial charge in [0.05, 0.1) is 0 Å². The van der Waals surface area contributed by atoms with E-state index in [-0.39, 0.29) is 11.6 Å². The lowest BCUT2D eigenvalue weighted by Gasteiger charge is -2.58. The van der Waals surface area contributed by atoms with E-state index in [1.165, 1.54) is 12.8 Å². The number of rotatable bonds is 2. The third-order valence-electron chi connectivity index (χ3n) is 5.35. The summed E-state index contributed by atoms with van der Waals surface area (Å²) < 4.78 is 5.82. The largest absolute Gasteiger partial charge is 0.456 e. The van der Waals surface area contributed by atoms with Gasteiger partial charge in [0.15, 0.2) is 0 Å². The van der Waals surface area contributed by atoms with Crippen molar-refractivity contribution in [3.05, 3.63) is 12.2 Å². The molecule has 4 aliphatic carbocycles. The fourth-order valence-electron chi connectivity index (χ4n) is 4.61. The summed E-state index contributed by atoms with van der Waals surface area (Å²) in [6.07, 6.45) is 6.03. The number of esters is 1. The van der Waals surface area contributed by atoms with E-state index >= 15 is 0 Å². The van der Waals surface area contributed by atoms with Crippen LogP contribution in [0.3, 0.4) is 0 Å². The summed E-state index contributed by atoms with van der Waals surface area (Å²) in [5, 5.41) is 0. The molecule has 4 bridgehead atoms. The second-order valence-corrected chi connectivity index (χ2v) is 6.68. The highest BCUT2D eigenvalue weighted by Crippen LogP contribution is 2.59. The molecule has 0 aliphatic heterocycles. The summed E-state index contributed by atoms with van der Waals surface area (Å²) in [5.41, 5.74) is 0.410. The Labute approximate surface area is 103 Å². The van der Waals surface area contributed by atoms with Gasteiger partial charge in [-0.25, -0.2) is 4.79 Å². The van der Waals surface area contributed by atoms with Crippen molar-refractivity contribution in [2.45, 2.75) is 51.6 Å². The molecule has 0 aromatic carbocycles. The maximum atomic E-state index is 11.8. The van der Waals surface area contributed by atoms with E-state index in [0.717, 1.165) is 42.9 Å². The quantitative estimate of drug-likeness (QED) is 0.541. The summed E-state index contributed by atoms with van der Waals surface area (Å²) in [7, 11) is 0. The molecule has 4 fully saturated rings. The number of hydrogen-bond donors (Lipinski definition) is 0. The summed E-state index contributed by atoms with van der Waals surface area (Å²) in [6, 6.07) is 0. The Kier molecular flexibility index (Phi) is 2.39. The van der Waals surface area contributed by atoms with Gasteiger partial charge in [-0.2, -0.15) is 0 Å². The highest BCUT2D eigenvalue weighted by atomic mass is 16.6. The molecule has 94 valence electrons. The molecule has 4 rings (SSSR count). The van der Waals surface area contributed by atoms with Gasteiger partial charge in [-0.3, -0.25) is 0 Å². The van der Waals surface area contributed by atoms with Gasteiger partial charge in [0.1, 0.15) is 5.60 Å². The van der Waals surface area contributed by atoms with E-state index in [2.05, 4.69) is 13.5 Å². The molecule has 2 atom stereocenters. The van der Waals surface area contributed by atoms with Gasteiger partial charge in [0, 0.05) is 5.57 Å². The normalized spacial score (nSPS) is 46.9. The van der Waals surface area contributed by atoms with Gasteiger partial charge in [-0.05, 0) is 62.7 Å². The van der Waals surface area contributed by atoms with Crippen molar-refractivity contribution < 1.29 is 9.53 Å². The Morgan fingerprint density at radius 3 is 2.35 bits per heavy atom. The molecule has 17 heavy (non-hydrogen) atoms. The van der Waals surface area contributed by atoms with E-state index in [1.807, 2.05) is 0 Å². The Balaban J connectivity index is 1.80. The van der Waals surface area contributed by atoms with Crippen molar-refractivity contribution in [1.82, 2.24) is 0 Å². The molecule has 4 saturated carbocycles. The maximum Gasteiger partial charge on any atom is 0.333 e. The lowest BCUT2D eigenvalue weighted by atomic mass is 9.50.